The number of hydrogen-bond acceptors (Lipinski definition) is 5. The van der Waals surface area contributed by atoms with Gasteiger partial charge in [-0.2, -0.15) is 0 Å². The maximum absolute atomic E-state index is 13.4. The van der Waals surface area contributed by atoms with Gasteiger partial charge < -0.3 is 4.90 Å². The summed E-state index contributed by atoms with van der Waals surface area (Å²) in [6.45, 7) is 2.33. The maximum Gasteiger partial charge on any atom is 0.331 e. The van der Waals surface area contributed by atoms with E-state index in [0.717, 1.165) is 11.3 Å². The number of nitrogens with zero attached hydrogens (tertiary/aromatic N) is 5. The van der Waals surface area contributed by atoms with E-state index < -0.39 is 4.92 Å². The van der Waals surface area contributed by atoms with Gasteiger partial charge in [0.05, 0.1) is 28.9 Å². The van der Waals surface area contributed by atoms with E-state index in [1.54, 1.807) is 29.4 Å². The molecule has 1 unspecified atom stereocenters. The number of aromatic nitrogens is 2. The first-order valence-electron chi connectivity index (χ1n) is 8.76. The monoisotopic (exact) mass is 375 g/mol. The molecule has 0 radical (unpaired) electrons. The number of carbonyl (C=O) groups is 1. The molecule has 1 atom stereocenters. The normalized spacial score (nSPS) is 14.5. The number of amides is 2. The quantitative estimate of drug-likeness (QED) is 0.503. The lowest BCUT2D eigenvalue weighted by molar-refractivity contribution is -0.384. The topological polar surface area (TPSA) is 92.5 Å². The minimum absolute atomic E-state index is 0.0341. The second-order valence-electron chi connectivity index (χ2n) is 6.44. The van der Waals surface area contributed by atoms with Crippen molar-refractivity contribution in [3.8, 4) is 0 Å². The third kappa shape index (κ3) is 3.05. The average molecular weight is 375 g/mol. The van der Waals surface area contributed by atoms with Crippen molar-refractivity contribution < 1.29 is 9.72 Å². The van der Waals surface area contributed by atoms with Crippen LogP contribution in [0.25, 0.3) is 0 Å². The minimum Gasteiger partial charge on any atom is -0.311 e. The highest BCUT2D eigenvalue weighted by Gasteiger charge is 2.35. The number of non-ortho nitro benzene ring substituents is 1. The number of nitro groups is 1. The summed E-state index contributed by atoms with van der Waals surface area (Å²) in [5, 5.41) is 10.9. The fourth-order valence-electron chi connectivity index (χ4n) is 3.27. The van der Waals surface area contributed by atoms with Gasteiger partial charge in [-0.1, -0.05) is 12.1 Å². The van der Waals surface area contributed by atoms with E-state index in [1.165, 1.54) is 17.0 Å². The SMILES string of the molecule is CC(c1ccccn1)N1Cc2cccnc2N(c2ccc([N+](=O)[O-])cc2)C1=O. The van der Waals surface area contributed by atoms with E-state index in [9.17, 15) is 14.9 Å². The Morgan fingerprint density at radius 3 is 2.46 bits per heavy atom. The van der Waals surface area contributed by atoms with Gasteiger partial charge in [0.25, 0.3) is 5.69 Å². The molecule has 3 heterocycles. The average Bonchev–Trinajstić information content (AvgIpc) is 2.73. The van der Waals surface area contributed by atoms with Gasteiger partial charge >= 0.3 is 6.03 Å². The molecular formula is C20H17N5O3. The van der Waals surface area contributed by atoms with E-state index in [0.29, 0.717) is 18.1 Å². The van der Waals surface area contributed by atoms with Crippen molar-refractivity contribution in [1.29, 1.82) is 0 Å². The molecule has 0 N–H and O–H groups in total. The molecule has 0 aliphatic carbocycles. The third-order valence-electron chi connectivity index (χ3n) is 4.76. The summed E-state index contributed by atoms with van der Waals surface area (Å²) >= 11 is 0. The number of fused-ring (bicyclic) bond motifs is 1. The van der Waals surface area contributed by atoms with Gasteiger partial charge in [0.15, 0.2) is 0 Å². The van der Waals surface area contributed by atoms with Crippen LogP contribution in [0, 0.1) is 10.1 Å². The Labute approximate surface area is 161 Å². The summed E-state index contributed by atoms with van der Waals surface area (Å²) in [5.74, 6) is 0.533. The van der Waals surface area contributed by atoms with Crippen molar-refractivity contribution in [3.63, 3.8) is 0 Å². The molecule has 1 aromatic carbocycles. The fourth-order valence-corrected chi connectivity index (χ4v) is 3.27. The van der Waals surface area contributed by atoms with Gasteiger partial charge in [-0.15, -0.1) is 0 Å². The zero-order valence-electron chi connectivity index (χ0n) is 15.1. The van der Waals surface area contributed by atoms with Crippen molar-refractivity contribution in [2.45, 2.75) is 19.5 Å². The molecule has 28 heavy (non-hydrogen) atoms. The molecule has 8 nitrogen and oxygen atoms in total. The molecule has 3 aromatic rings. The highest BCUT2D eigenvalue weighted by molar-refractivity contribution is 6.01. The predicted octanol–water partition coefficient (Wildman–Crippen LogP) is 4.22. The van der Waals surface area contributed by atoms with Gasteiger partial charge in [0.2, 0.25) is 0 Å². The van der Waals surface area contributed by atoms with E-state index in [2.05, 4.69) is 9.97 Å². The molecule has 2 amide bonds. The van der Waals surface area contributed by atoms with Crippen LogP contribution in [0.15, 0.2) is 67.0 Å². The number of urea groups is 1. The molecule has 0 spiro atoms. The van der Waals surface area contributed by atoms with Crippen LogP contribution in [-0.2, 0) is 6.54 Å². The highest BCUT2D eigenvalue weighted by atomic mass is 16.6. The number of anilines is 2. The standard InChI is InChI=1S/C20H17N5O3/c1-14(18-6-2-3-11-21-18)23-13-15-5-4-12-22-19(15)24(20(23)26)16-7-9-17(10-8-16)25(27)28/h2-12,14H,13H2,1H3. The maximum atomic E-state index is 13.4. The summed E-state index contributed by atoms with van der Waals surface area (Å²) in [6.07, 6.45) is 3.33. The first-order valence-corrected chi connectivity index (χ1v) is 8.76. The molecule has 0 saturated carbocycles. The first-order chi connectivity index (χ1) is 13.6. The van der Waals surface area contributed by atoms with Crippen molar-refractivity contribution in [1.82, 2.24) is 14.9 Å². The smallest absolute Gasteiger partial charge is 0.311 e. The molecule has 0 fully saturated rings. The molecule has 4 rings (SSSR count). The summed E-state index contributed by atoms with van der Waals surface area (Å²) in [5.41, 5.74) is 2.16. The Morgan fingerprint density at radius 2 is 1.79 bits per heavy atom. The van der Waals surface area contributed by atoms with Gasteiger partial charge in [-0.05, 0) is 37.3 Å². The fraction of sp³-hybridized carbons (Fsp3) is 0.150. The number of benzene rings is 1. The van der Waals surface area contributed by atoms with Gasteiger partial charge in [0.1, 0.15) is 5.82 Å². The zero-order valence-corrected chi connectivity index (χ0v) is 15.1. The molecule has 1 aliphatic rings. The Hall–Kier alpha value is -3.81. The Morgan fingerprint density at radius 1 is 1.04 bits per heavy atom. The second kappa shape index (κ2) is 7.07. The molecule has 1 aliphatic heterocycles. The number of hydrogen-bond donors (Lipinski definition) is 0. The number of carbonyl (C=O) groups excluding carboxylic acids is 1. The van der Waals surface area contributed by atoms with E-state index in [4.69, 9.17) is 0 Å². The van der Waals surface area contributed by atoms with E-state index in [1.807, 2.05) is 37.3 Å². The molecule has 0 saturated heterocycles. The molecule has 0 bridgehead atoms. The Bertz CT molecular complexity index is 1020. The number of nitro benzene ring substituents is 1. The summed E-state index contributed by atoms with van der Waals surface area (Å²) in [7, 11) is 0. The lowest BCUT2D eigenvalue weighted by Gasteiger charge is -2.39. The highest BCUT2D eigenvalue weighted by Crippen LogP contribution is 2.36. The lowest BCUT2D eigenvalue weighted by atomic mass is 10.1. The molecule has 8 heteroatoms. The van der Waals surface area contributed by atoms with Crippen molar-refractivity contribution in [2.24, 2.45) is 0 Å². The van der Waals surface area contributed by atoms with Crippen molar-refractivity contribution >= 4 is 23.2 Å². The number of rotatable bonds is 4. The van der Waals surface area contributed by atoms with Crippen LogP contribution < -0.4 is 4.90 Å². The van der Waals surface area contributed by atoms with Crippen LogP contribution in [0.3, 0.4) is 0 Å². The van der Waals surface area contributed by atoms with Crippen LogP contribution in [0.1, 0.15) is 24.2 Å². The molecule has 140 valence electrons. The predicted molar refractivity (Wildman–Crippen MR) is 103 cm³/mol. The minimum atomic E-state index is -0.469. The Balaban J connectivity index is 1.76. The molecular weight excluding hydrogens is 358 g/mol. The Kier molecular flexibility index (Phi) is 4.44. The zero-order chi connectivity index (χ0) is 19.7. The van der Waals surface area contributed by atoms with E-state index >= 15 is 0 Å². The third-order valence-corrected chi connectivity index (χ3v) is 4.76. The summed E-state index contributed by atoms with van der Waals surface area (Å²) in [6, 6.07) is 14.7. The van der Waals surface area contributed by atoms with Crippen LogP contribution in [0.5, 0.6) is 0 Å². The van der Waals surface area contributed by atoms with E-state index in [-0.39, 0.29) is 17.8 Å². The second-order valence-corrected chi connectivity index (χ2v) is 6.44. The van der Waals surface area contributed by atoms with Gasteiger partial charge in [-0.3, -0.25) is 15.1 Å². The van der Waals surface area contributed by atoms with Crippen LogP contribution >= 0.6 is 0 Å². The summed E-state index contributed by atoms with van der Waals surface area (Å²) in [4.78, 5) is 35.8. The lowest BCUT2D eigenvalue weighted by Crippen LogP contribution is -2.46. The number of pyridine rings is 2. The van der Waals surface area contributed by atoms with Crippen LogP contribution in [0.2, 0.25) is 0 Å². The largest absolute Gasteiger partial charge is 0.331 e. The summed E-state index contributed by atoms with van der Waals surface area (Å²) < 4.78 is 0. The van der Waals surface area contributed by atoms with Crippen molar-refractivity contribution in [3.05, 3.63) is 88.4 Å². The van der Waals surface area contributed by atoms with Gasteiger partial charge in [-0.25, -0.2) is 14.7 Å². The van der Waals surface area contributed by atoms with Crippen LogP contribution in [-0.4, -0.2) is 25.8 Å². The van der Waals surface area contributed by atoms with Crippen molar-refractivity contribution in [2.75, 3.05) is 4.90 Å². The van der Waals surface area contributed by atoms with Crippen LogP contribution in [0.4, 0.5) is 22.0 Å². The van der Waals surface area contributed by atoms with Gasteiger partial charge in [0, 0.05) is 30.1 Å². The molecule has 2 aromatic heterocycles. The first kappa shape index (κ1) is 17.6.